The molecule has 1 fully saturated rings. The van der Waals surface area contributed by atoms with E-state index in [1.165, 1.54) is 0 Å². The van der Waals surface area contributed by atoms with Crippen molar-refractivity contribution in [2.45, 2.75) is 19.3 Å². The number of rotatable bonds is 3. The molecular formula is C13H11ClFN5O. The first-order chi connectivity index (χ1) is 10.0. The summed E-state index contributed by atoms with van der Waals surface area (Å²) in [6, 6.07) is 1.80. The standard InChI is InChI=1S/C13H11ClFN5O/c1-6-2-3-16-11(18-6)7-4-8(7)12(21)20-13-17-5-9(15)10(14)19-13/h2-3,5,7-8H,4H2,1H3,(H,17,19,20,21)/t7-,8?/m0/s1. The van der Waals surface area contributed by atoms with Crippen LogP contribution in [-0.2, 0) is 4.79 Å². The molecule has 2 heterocycles. The molecule has 2 aromatic heterocycles. The Morgan fingerprint density at radius 2 is 2.24 bits per heavy atom. The highest BCUT2D eigenvalue weighted by Crippen LogP contribution is 2.46. The van der Waals surface area contributed by atoms with Crippen molar-refractivity contribution in [3.63, 3.8) is 0 Å². The van der Waals surface area contributed by atoms with Crippen LogP contribution in [0, 0.1) is 18.7 Å². The van der Waals surface area contributed by atoms with Crippen LogP contribution in [0.2, 0.25) is 5.15 Å². The summed E-state index contributed by atoms with van der Waals surface area (Å²) in [5.41, 5.74) is 0.861. The Kier molecular flexibility index (Phi) is 3.50. The number of aromatic nitrogens is 4. The van der Waals surface area contributed by atoms with Crippen LogP contribution in [0.1, 0.15) is 23.9 Å². The highest BCUT2D eigenvalue weighted by molar-refractivity contribution is 6.29. The monoisotopic (exact) mass is 307 g/mol. The van der Waals surface area contributed by atoms with Crippen molar-refractivity contribution in [3.8, 4) is 0 Å². The minimum atomic E-state index is -0.730. The van der Waals surface area contributed by atoms with Crippen molar-refractivity contribution in [2.75, 3.05) is 5.32 Å². The highest BCUT2D eigenvalue weighted by atomic mass is 35.5. The van der Waals surface area contributed by atoms with Gasteiger partial charge in [0.2, 0.25) is 11.9 Å². The van der Waals surface area contributed by atoms with E-state index in [1.807, 2.05) is 6.92 Å². The maximum atomic E-state index is 12.9. The van der Waals surface area contributed by atoms with Crippen LogP contribution in [0.3, 0.4) is 0 Å². The van der Waals surface area contributed by atoms with Crippen LogP contribution in [0.5, 0.6) is 0 Å². The van der Waals surface area contributed by atoms with Gasteiger partial charge in [-0.15, -0.1) is 0 Å². The number of amides is 1. The van der Waals surface area contributed by atoms with E-state index in [0.29, 0.717) is 12.2 Å². The molecule has 1 amide bonds. The lowest BCUT2D eigenvalue weighted by molar-refractivity contribution is -0.117. The number of hydrogen-bond donors (Lipinski definition) is 1. The Morgan fingerprint density at radius 1 is 1.43 bits per heavy atom. The zero-order valence-electron chi connectivity index (χ0n) is 11.0. The number of anilines is 1. The summed E-state index contributed by atoms with van der Waals surface area (Å²) in [6.07, 6.45) is 3.26. The molecule has 3 rings (SSSR count). The van der Waals surface area contributed by atoms with Gasteiger partial charge in [0.05, 0.1) is 6.20 Å². The number of halogens is 2. The lowest BCUT2D eigenvalue weighted by atomic mass is 10.2. The predicted octanol–water partition coefficient (Wildman–Crippen LogP) is 2.11. The summed E-state index contributed by atoms with van der Waals surface area (Å²) in [5.74, 6) is -0.546. The number of hydrogen-bond acceptors (Lipinski definition) is 5. The van der Waals surface area contributed by atoms with Crippen molar-refractivity contribution in [3.05, 3.63) is 40.9 Å². The van der Waals surface area contributed by atoms with Gasteiger partial charge in [0.25, 0.3) is 0 Å². The fraction of sp³-hybridized carbons (Fsp3) is 0.308. The van der Waals surface area contributed by atoms with E-state index in [9.17, 15) is 9.18 Å². The quantitative estimate of drug-likeness (QED) is 0.878. The molecule has 0 aromatic carbocycles. The Morgan fingerprint density at radius 3 is 2.95 bits per heavy atom. The molecule has 0 aliphatic heterocycles. The third-order valence-corrected chi connectivity index (χ3v) is 3.47. The third kappa shape index (κ3) is 2.97. The second-order valence-electron chi connectivity index (χ2n) is 4.83. The second-order valence-corrected chi connectivity index (χ2v) is 5.18. The Bertz CT molecular complexity index is 711. The maximum Gasteiger partial charge on any atom is 0.231 e. The molecule has 6 nitrogen and oxygen atoms in total. The van der Waals surface area contributed by atoms with Gasteiger partial charge >= 0.3 is 0 Å². The van der Waals surface area contributed by atoms with E-state index in [2.05, 4.69) is 25.3 Å². The smallest absolute Gasteiger partial charge is 0.231 e. The maximum absolute atomic E-state index is 12.9. The molecule has 2 aromatic rings. The first-order valence-electron chi connectivity index (χ1n) is 6.33. The van der Waals surface area contributed by atoms with Crippen LogP contribution >= 0.6 is 11.6 Å². The molecule has 0 bridgehead atoms. The average molecular weight is 308 g/mol. The molecule has 0 radical (unpaired) electrons. The Hall–Kier alpha value is -2.15. The molecule has 1 aliphatic carbocycles. The first kappa shape index (κ1) is 13.8. The van der Waals surface area contributed by atoms with E-state index < -0.39 is 5.82 Å². The van der Waals surface area contributed by atoms with Crippen LogP contribution in [0.15, 0.2) is 18.5 Å². The summed E-state index contributed by atoms with van der Waals surface area (Å²) in [6.45, 7) is 1.87. The van der Waals surface area contributed by atoms with Gasteiger partial charge in [-0.05, 0) is 19.4 Å². The minimum Gasteiger partial charge on any atom is -0.294 e. The first-order valence-corrected chi connectivity index (χ1v) is 6.71. The highest BCUT2D eigenvalue weighted by Gasteiger charge is 2.46. The molecule has 8 heteroatoms. The SMILES string of the molecule is Cc1ccnc([C@H]2CC2C(=O)Nc2ncc(F)c(Cl)n2)n1. The fourth-order valence-corrected chi connectivity index (χ4v) is 2.16. The molecule has 108 valence electrons. The van der Waals surface area contributed by atoms with Gasteiger partial charge in [0.15, 0.2) is 11.0 Å². The molecule has 1 N–H and O–H groups in total. The summed E-state index contributed by atoms with van der Waals surface area (Å²) < 4.78 is 12.9. The minimum absolute atomic E-state index is 0.000760. The summed E-state index contributed by atoms with van der Waals surface area (Å²) in [7, 11) is 0. The number of nitrogens with zero attached hydrogens (tertiary/aromatic N) is 4. The van der Waals surface area contributed by atoms with E-state index in [0.717, 1.165) is 11.9 Å². The molecule has 2 atom stereocenters. The van der Waals surface area contributed by atoms with Gasteiger partial charge in [-0.3, -0.25) is 10.1 Å². The normalized spacial score (nSPS) is 20.1. The van der Waals surface area contributed by atoms with Crippen molar-refractivity contribution in [1.29, 1.82) is 0 Å². The van der Waals surface area contributed by atoms with E-state index >= 15 is 0 Å². The molecule has 1 saturated carbocycles. The zero-order chi connectivity index (χ0) is 15.0. The summed E-state index contributed by atoms with van der Waals surface area (Å²) in [4.78, 5) is 27.9. The molecule has 1 aliphatic rings. The summed E-state index contributed by atoms with van der Waals surface area (Å²) in [5, 5.41) is 2.19. The molecule has 21 heavy (non-hydrogen) atoms. The van der Waals surface area contributed by atoms with Crippen molar-refractivity contribution >= 4 is 23.5 Å². The Balaban J connectivity index is 1.66. The van der Waals surface area contributed by atoms with Crippen molar-refractivity contribution in [2.24, 2.45) is 5.92 Å². The number of aryl methyl sites for hydroxylation is 1. The third-order valence-electron chi connectivity index (χ3n) is 3.21. The molecule has 1 unspecified atom stereocenters. The van der Waals surface area contributed by atoms with Gasteiger partial charge < -0.3 is 0 Å². The zero-order valence-corrected chi connectivity index (χ0v) is 11.8. The number of carbonyl (C=O) groups is 1. The number of nitrogens with one attached hydrogen (secondary N) is 1. The molecule has 0 saturated heterocycles. The summed E-state index contributed by atoms with van der Waals surface area (Å²) >= 11 is 5.54. The van der Waals surface area contributed by atoms with Gasteiger partial charge in [0, 0.05) is 23.7 Å². The van der Waals surface area contributed by atoms with Gasteiger partial charge in [-0.25, -0.2) is 19.3 Å². The molecular weight excluding hydrogens is 297 g/mol. The Labute approximate surface area is 124 Å². The van der Waals surface area contributed by atoms with Crippen LogP contribution in [0.4, 0.5) is 10.3 Å². The topological polar surface area (TPSA) is 80.7 Å². The van der Waals surface area contributed by atoms with Gasteiger partial charge in [-0.1, -0.05) is 11.6 Å². The lowest BCUT2D eigenvalue weighted by Crippen LogP contribution is -2.17. The number of carbonyl (C=O) groups excluding carboxylic acids is 1. The fourth-order valence-electron chi connectivity index (χ4n) is 2.03. The second kappa shape index (κ2) is 5.33. The van der Waals surface area contributed by atoms with Crippen molar-refractivity contribution < 1.29 is 9.18 Å². The van der Waals surface area contributed by atoms with Crippen molar-refractivity contribution in [1.82, 2.24) is 19.9 Å². The van der Waals surface area contributed by atoms with E-state index in [-0.39, 0.29) is 28.8 Å². The van der Waals surface area contributed by atoms with Gasteiger partial charge in [-0.2, -0.15) is 4.98 Å². The lowest BCUT2D eigenvalue weighted by Gasteiger charge is -2.03. The van der Waals surface area contributed by atoms with E-state index in [4.69, 9.17) is 11.6 Å². The van der Waals surface area contributed by atoms with E-state index in [1.54, 1.807) is 12.3 Å². The van der Waals surface area contributed by atoms with Crippen LogP contribution in [0.25, 0.3) is 0 Å². The molecule has 0 spiro atoms. The largest absolute Gasteiger partial charge is 0.294 e. The predicted molar refractivity (Wildman–Crippen MR) is 73.2 cm³/mol. The van der Waals surface area contributed by atoms with Crippen LogP contribution in [-0.4, -0.2) is 25.8 Å². The van der Waals surface area contributed by atoms with Gasteiger partial charge in [0.1, 0.15) is 5.82 Å². The van der Waals surface area contributed by atoms with Crippen LogP contribution < -0.4 is 5.32 Å². The average Bonchev–Trinajstić information content (AvgIpc) is 3.23.